The SMILES string of the molecule is Cc1ccc(NC(=O)/N=C2\C3C=CC=CC3=NC(=O)N2CC2CCCO2)cc1. The number of rotatable bonds is 3. The van der Waals surface area contributed by atoms with Crippen LogP contribution in [0.25, 0.3) is 0 Å². The van der Waals surface area contributed by atoms with Crippen molar-refractivity contribution in [3.63, 3.8) is 0 Å². The van der Waals surface area contributed by atoms with Crippen LogP contribution >= 0.6 is 0 Å². The molecule has 2 heterocycles. The molecule has 1 aromatic rings. The number of benzene rings is 1. The molecule has 0 aromatic heterocycles. The molecule has 1 aromatic carbocycles. The number of carbonyl (C=O) groups excluding carboxylic acids is 2. The summed E-state index contributed by atoms with van der Waals surface area (Å²) in [5.74, 6) is 0.0589. The first kappa shape index (κ1) is 18.3. The van der Waals surface area contributed by atoms with Crippen LogP contribution in [0.3, 0.4) is 0 Å². The van der Waals surface area contributed by atoms with Crippen LogP contribution in [0.5, 0.6) is 0 Å². The van der Waals surface area contributed by atoms with Crippen LogP contribution in [0.1, 0.15) is 18.4 Å². The Kier molecular flexibility index (Phi) is 5.16. The average Bonchev–Trinajstić information content (AvgIpc) is 3.19. The third kappa shape index (κ3) is 3.94. The number of anilines is 1. The van der Waals surface area contributed by atoms with E-state index in [2.05, 4.69) is 15.3 Å². The predicted molar refractivity (Wildman–Crippen MR) is 108 cm³/mol. The van der Waals surface area contributed by atoms with Gasteiger partial charge < -0.3 is 10.1 Å². The summed E-state index contributed by atoms with van der Waals surface area (Å²) in [7, 11) is 0. The first-order chi connectivity index (χ1) is 13.6. The van der Waals surface area contributed by atoms with E-state index < -0.39 is 12.1 Å². The van der Waals surface area contributed by atoms with Crippen LogP contribution in [0, 0.1) is 12.8 Å². The third-order valence-corrected chi connectivity index (χ3v) is 4.94. The summed E-state index contributed by atoms with van der Waals surface area (Å²) in [6.07, 6.45) is 9.15. The maximum Gasteiger partial charge on any atom is 0.349 e. The van der Waals surface area contributed by atoms with Gasteiger partial charge >= 0.3 is 12.1 Å². The zero-order valence-corrected chi connectivity index (χ0v) is 15.7. The Morgan fingerprint density at radius 2 is 2.14 bits per heavy atom. The summed E-state index contributed by atoms with van der Waals surface area (Å²) in [5, 5.41) is 2.76. The van der Waals surface area contributed by atoms with E-state index in [4.69, 9.17) is 4.74 Å². The van der Waals surface area contributed by atoms with Gasteiger partial charge in [-0.25, -0.2) is 9.59 Å². The fraction of sp³-hybridized carbons (Fsp3) is 0.333. The maximum atomic E-state index is 12.6. The lowest BCUT2D eigenvalue weighted by molar-refractivity contribution is 0.0956. The Morgan fingerprint density at radius 3 is 2.89 bits per heavy atom. The number of hydrogen-bond donors (Lipinski definition) is 1. The van der Waals surface area contributed by atoms with Gasteiger partial charge in [0, 0.05) is 12.3 Å². The smallest absolute Gasteiger partial charge is 0.349 e. The molecule has 7 heteroatoms. The number of urea groups is 2. The number of amidine groups is 1. The molecule has 2 unspecified atom stereocenters. The molecule has 1 N–H and O–H groups in total. The topological polar surface area (TPSA) is 83.4 Å². The van der Waals surface area contributed by atoms with Crippen LogP contribution in [0.4, 0.5) is 15.3 Å². The van der Waals surface area contributed by atoms with Gasteiger partial charge in [-0.1, -0.05) is 35.9 Å². The first-order valence-corrected chi connectivity index (χ1v) is 9.43. The largest absolute Gasteiger partial charge is 0.376 e. The number of nitrogens with one attached hydrogen (secondary N) is 1. The summed E-state index contributed by atoms with van der Waals surface area (Å²) >= 11 is 0. The molecule has 7 nitrogen and oxygen atoms in total. The number of aryl methyl sites for hydroxylation is 1. The summed E-state index contributed by atoms with van der Waals surface area (Å²) in [6, 6.07) is 6.53. The molecule has 3 aliphatic rings. The van der Waals surface area contributed by atoms with E-state index in [-0.39, 0.29) is 12.0 Å². The lowest BCUT2D eigenvalue weighted by Gasteiger charge is -2.32. The highest BCUT2D eigenvalue weighted by molar-refractivity contribution is 6.24. The lowest BCUT2D eigenvalue weighted by atomic mass is 9.94. The molecule has 0 bridgehead atoms. The molecule has 0 saturated carbocycles. The minimum Gasteiger partial charge on any atom is -0.376 e. The Hall–Kier alpha value is -3.06. The molecule has 144 valence electrons. The van der Waals surface area contributed by atoms with Crippen molar-refractivity contribution >= 4 is 29.3 Å². The fourth-order valence-electron chi connectivity index (χ4n) is 3.48. The molecule has 4 amide bonds. The highest BCUT2D eigenvalue weighted by atomic mass is 16.5. The minimum absolute atomic E-state index is 0.0610. The molecule has 0 spiro atoms. The Balaban J connectivity index is 1.61. The first-order valence-electron chi connectivity index (χ1n) is 9.43. The van der Waals surface area contributed by atoms with Crippen LogP contribution in [0.2, 0.25) is 0 Å². The normalized spacial score (nSPS) is 25.0. The number of allylic oxidation sites excluding steroid dienone is 3. The molecule has 2 atom stereocenters. The van der Waals surface area contributed by atoms with Gasteiger partial charge in [0.1, 0.15) is 5.84 Å². The zero-order valence-electron chi connectivity index (χ0n) is 15.7. The van der Waals surface area contributed by atoms with Gasteiger partial charge in [0.25, 0.3) is 0 Å². The predicted octanol–water partition coefficient (Wildman–Crippen LogP) is 3.72. The number of hydrogen-bond acceptors (Lipinski definition) is 3. The van der Waals surface area contributed by atoms with E-state index in [0.717, 1.165) is 18.4 Å². The van der Waals surface area contributed by atoms with Crippen LogP contribution in [0.15, 0.2) is 58.6 Å². The van der Waals surface area contributed by atoms with Gasteiger partial charge in [-0.3, -0.25) is 4.90 Å². The van der Waals surface area contributed by atoms with Gasteiger partial charge in [-0.05, 0) is 38.0 Å². The highest BCUT2D eigenvalue weighted by Gasteiger charge is 2.36. The number of aliphatic imine (C=N–C) groups is 2. The van der Waals surface area contributed by atoms with Crippen molar-refractivity contribution in [3.8, 4) is 0 Å². The summed E-state index contributed by atoms with van der Waals surface area (Å²) in [5.41, 5.74) is 2.35. The maximum absolute atomic E-state index is 12.6. The van der Waals surface area contributed by atoms with Gasteiger partial charge in [-0.2, -0.15) is 9.98 Å². The van der Waals surface area contributed by atoms with E-state index in [1.807, 2.05) is 49.4 Å². The average molecular weight is 378 g/mol. The second kappa shape index (κ2) is 7.90. The molecular weight excluding hydrogens is 356 g/mol. The van der Waals surface area contributed by atoms with Crippen molar-refractivity contribution in [2.75, 3.05) is 18.5 Å². The van der Waals surface area contributed by atoms with E-state index in [1.165, 1.54) is 4.90 Å². The second-order valence-corrected chi connectivity index (χ2v) is 7.05. The number of carbonyl (C=O) groups is 2. The molecule has 1 aliphatic carbocycles. The third-order valence-electron chi connectivity index (χ3n) is 4.94. The van der Waals surface area contributed by atoms with Crippen molar-refractivity contribution in [3.05, 3.63) is 54.1 Å². The molecule has 4 rings (SSSR count). The summed E-state index contributed by atoms with van der Waals surface area (Å²) in [6.45, 7) is 3.01. The van der Waals surface area contributed by atoms with Crippen molar-refractivity contribution < 1.29 is 14.3 Å². The molecule has 1 fully saturated rings. The standard InChI is InChI=1S/C21H22N4O3/c1-14-8-10-15(11-9-14)22-20(26)24-19-17-6-2-3-7-18(17)23-21(27)25(19)13-16-5-4-12-28-16/h2-3,6-11,16-17H,4-5,12-13H2,1H3,(H,22,26)/b24-19+. The van der Waals surface area contributed by atoms with Gasteiger partial charge in [0.2, 0.25) is 0 Å². The summed E-state index contributed by atoms with van der Waals surface area (Å²) < 4.78 is 5.67. The Labute approximate surface area is 163 Å². The van der Waals surface area contributed by atoms with Gasteiger partial charge in [-0.15, -0.1) is 0 Å². The van der Waals surface area contributed by atoms with Gasteiger partial charge in [0.15, 0.2) is 0 Å². The monoisotopic (exact) mass is 378 g/mol. The van der Waals surface area contributed by atoms with Gasteiger partial charge in [0.05, 0.1) is 24.3 Å². The van der Waals surface area contributed by atoms with E-state index in [1.54, 1.807) is 6.08 Å². The highest BCUT2D eigenvalue weighted by Crippen LogP contribution is 2.24. The zero-order chi connectivity index (χ0) is 19.5. The lowest BCUT2D eigenvalue weighted by Crippen LogP contribution is -2.49. The van der Waals surface area contributed by atoms with Crippen LogP contribution in [-0.2, 0) is 4.74 Å². The van der Waals surface area contributed by atoms with Crippen LogP contribution < -0.4 is 5.32 Å². The van der Waals surface area contributed by atoms with Crippen molar-refractivity contribution in [2.45, 2.75) is 25.9 Å². The van der Waals surface area contributed by atoms with Crippen molar-refractivity contribution in [1.29, 1.82) is 0 Å². The quantitative estimate of drug-likeness (QED) is 0.870. The molecule has 0 radical (unpaired) electrons. The molecule has 28 heavy (non-hydrogen) atoms. The van der Waals surface area contributed by atoms with E-state index in [9.17, 15) is 9.59 Å². The van der Waals surface area contributed by atoms with Crippen molar-refractivity contribution in [2.24, 2.45) is 15.9 Å². The Morgan fingerprint density at radius 1 is 1.32 bits per heavy atom. The van der Waals surface area contributed by atoms with E-state index in [0.29, 0.717) is 30.4 Å². The number of amides is 4. The van der Waals surface area contributed by atoms with Crippen molar-refractivity contribution in [1.82, 2.24) is 4.90 Å². The number of ether oxygens (including phenoxy) is 1. The number of nitrogens with zero attached hydrogens (tertiary/aromatic N) is 3. The number of fused-ring (bicyclic) bond motifs is 1. The molecule has 2 aliphatic heterocycles. The minimum atomic E-state index is -0.520. The van der Waals surface area contributed by atoms with E-state index >= 15 is 0 Å². The summed E-state index contributed by atoms with van der Waals surface area (Å²) in [4.78, 5) is 35.1. The van der Waals surface area contributed by atoms with Crippen LogP contribution in [-0.4, -0.2) is 47.8 Å². The second-order valence-electron chi connectivity index (χ2n) is 7.05. The molecule has 1 saturated heterocycles. The Bertz CT molecular complexity index is 893. The fourth-order valence-corrected chi connectivity index (χ4v) is 3.48. The molecular formula is C21H22N4O3.